The lowest BCUT2D eigenvalue weighted by Gasteiger charge is -2.44. The van der Waals surface area contributed by atoms with Crippen molar-refractivity contribution in [3.63, 3.8) is 0 Å². The number of amides is 3. The van der Waals surface area contributed by atoms with Gasteiger partial charge in [0.05, 0.1) is 26.3 Å². The number of piperidine rings is 1. The summed E-state index contributed by atoms with van der Waals surface area (Å²) in [4.78, 5) is 32.9. The van der Waals surface area contributed by atoms with Crippen molar-refractivity contribution in [1.29, 1.82) is 0 Å². The number of rotatable bonds is 4. The molecule has 5 rings (SSSR count). The summed E-state index contributed by atoms with van der Waals surface area (Å²) in [5.74, 6) is 1.62. The highest BCUT2D eigenvalue weighted by Gasteiger charge is 2.55. The number of carbonyl (C=O) groups excluding carboxylic acids is 2. The van der Waals surface area contributed by atoms with E-state index >= 15 is 0 Å². The average molecular weight is 490 g/mol. The van der Waals surface area contributed by atoms with Crippen LogP contribution in [0, 0.1) is 6.92 Å². The molecule has 190 valence electrons. The zero-order chi connectivity index (χ0) is 25.6. The van der Waals surface area contributed by atoms with E-state index in [-0.39, 0.29) is 17.9 Å². The molecule has 0 N–H and O–H groups in total. The molecule has 36 heavy (non-hydrogen) atoms. The summed E-state index contributed by atoms with van der Waals surface area (Å²) in [5.41, 5.74) is 4.58. The molecule has 0 aliphatic carbocycles. The fraction of sp³-hybridized carbons (Fsp3) is 0.448. The first-order valence-electron chi connectivity index (χ1n) is 12.7. The summed E-state index contributed by atoms with van der Waals surface area (Å²) < 4.78 is 11.3. The van der Waals surface area contributed by atoms with Gasteiger partial charge in [-0.15, -0.1) is 0 Å². The second-order valence-corrected chi connectivity index (χ2v) is 10.0. The number of methoxy groups -OCH3 is 2. The number of hydrogen-bond acceptors (Lipinski definition) is 4. The molecule has 1 atom stereocenters. The van der Waals surface area contributed by atoms with Crippen LogP contribution >= 0.6 is 0 Å². The van der Waals surface area contributed by atoms with Crippen molar-refractivity contribution >= 4 is 11.9 Å². The molecular formula is C29H35N3O4. The number of likely N-dealkylation sites (N-methyl/N-ethyl adjacent to an activating group) is 1. The SMILES string of the molecule is CCN1C(=O)N2Cc3cc(OC)cc(OC)c3[C@@H](C)C=C2C12CCN(C(=O)c1cccc(C)c1)CC2. The molecular weight excluding hydrogens is 454 g/mol. The van der Waals surface area contributed by atoms with Gasteiger partial charge in [-0.25, -0.2) is 4.79 Å². The third-order valence-corrected chi connectivity index (χ3v) is 8.05. The minimum Gasteiger partial charge on any atom is -0.497 e. The molecule has 2 fully saturated rings. The van der Waals surface area contributed by atoms with E-state index in [1.165, 1.54) is 0 Å². The van der Waals surface area contributed by atoms with Crippen molar-refractivity contribution < 1.29 is 19.1 Å². The largest absolute Gasteiger partial charge is 0.497 e. The Bertz CT molecular complexity index is 1230. The fourth-order valence-corrected chi connectivity index (χ4v) is 6.30. The number of urea groups is 1. The van der Waals surface area contributed by atoms with E-state index in [0.717, 1.165) is 52.3 Å². The van der Waals surface area contributed by atoms with Crippen molar-refractivity contribution in [3.8, 4) is 11.5 Å². The zero-order valence-electron chi connectivity index (χ0n) is 21.8. The van der Waals surface area contributed by atoms with Crippen LogP contribution in [0.4, 0.5) is 4.79 Å². The molecule has 7 heteroatoms. The number of allylic oxidation sites excluding steroid dienone is 1. The molecule has 2 saturated heterocycles. The summed E-state index contributed by atoms with van der Waals surface area (Å²) in [7, 11) is 3.32. The number of hydrogen-bond donors (Lipinski definition) is 0. The third kappa shape index (κ3) is 3.72. The first-order valence-corrected chi connectivity index (χ1v) is 12.7. The lowest BCUT2D eigenvalue weighted by Crippen LogP contribution is -2.54. The van der Waals surface area contributed by atoms with Gasteiger partial charge >= 0.3 is 6.03 Å². The summed E-state index contributed by atoms with van der Waals surface area (Å²) >= 11 is 0. The van der Waals surface area contributed by atoms with Crippen LogP contribution in [0.25, 0.3) is 0 Å². The van der Waals surface area contributed by atoms with E-state index in [1.54, 1.807) is 14.2 Å². The van der Waals surface area contributed by atoms with Gasteiger partial charge in [-0.1, -0.05) is 30.7 Å². The lowest BCUT2D eigenvalue weighted by atomic mass is 9.82. The standard InChI is InChI=1S/C29H35N3O4/c1-6-32-28(34)31-18-22-16-23(35-4)17-24(36-5)26(22)20(3)15-25(31)29(32)10-12-30(13-11-29)27(33)21-9-7-8-19(2)14-21/h7-9,14-17,20H,6,10-13,18H2,1-5H3/t20-/m0/s1. The van der Waals surface area contributed by atoms with Crippen LogP contribution in [0.5, 0.6) is 11.5 Å². The van der Waals surface area contributed by atoms with Gasteiger partial charge in [0, 0.05) is 48.4 Å². The molecule has 0 saturated carbocycles. The lowest BCUT2D eigenvalue weighted by molar-refractivity contribution is 0.0575. The minimum absolute atomic E-state index is 0.0315. The van der Waals surface area contributed by atoms with Crippen LogP contribution in [0.15, 0.2) is 48.2 Å². The van der Waals surface area contributed by atoms with Crippen molar-refractivity contribution in [1.82, 2.24) is 14.7 Å². The number of carbonyl (C=O) groups is 2. The van der Waals surface area contributed by atoms with Gasteiger partial charge in [0.15, 0.2) is 0 Å². The van der Waals surface area contributed by atoms with Crippen molar-refractivity contribution in [2.24, 2.45) is 0 Å². The van der Waals surface area contributed by atoms with E-state index in [0.29, 0.717) is 26.2 Å². The molecule has 1 spiro atoms. The van der Waals surface area contributed by atoms with Gasteiger partial charge in [0.25, 0.3) is 5.91 Å². The Hall–Kier alpha value is -3.48. The first kappa shape index (κ1) is 24.2. The Balaban J connectivity index is 1.48. The second-order valence-electron chi connectivity index (χ2n) is 10.0. The number of benzene rings is 2. The van der Waals surface area contributed by atoms with E-state index < -0.39 is 5.54 Å². The molecule has 2 aromatic rings. The summed E-state index contributed by atoms with van der Waals surface area (Å²) in [6.45, 7) is 8.53. The van der Waals surface area contributed by atoms with E-state index in [2.05, 4.69) is 13.0 Å². The Kier molecular flexibility index (Phi) is 6.18. The molecule has 0 unspecified atom stereocenters. The predicted molar refractivity (Wildman–Crippen MR) is 138 cm³/mol. The van der Waals surface area contributed by atoms with Gasteiger partial charge in [-0.05, 0) is 50.5 Å². The molecule has 0 radical (unpaired) electrons. The average Bonchev–Trinajstić information content (AvgIpc) is 2.99. The molecule has 0 aromatic heterocycles. The fourth-order valence-electron chi connectivity index (χ4n) is 6.30. The molecule has 2 aromatic carbocycles. The van der Waals surface area contributed by atoms with Crippen molar-refractivity contribution in [2.75, 3.05) is 33.9 Å². The van der Waals surface area contributed by atoms with Crippen LogP contribution < -0.4 is 9.47 Å². The highest BCUT2D eigenvalue weighted by Crippen LogP contribution is 2.49. The van der Waals surface area contributed by atoms with E-state index in [1.807, 2.05) is 64.9 Å². The number of fused-ring (bicyclic) bond motifs is 3. The Morgan fingerprint density at radius 3 is 2.50 bits per heavy atom. The smallest absolute Gasteiger partial charge is 0.325 e. The maximum absolute atomic E-state index is 13.8. The normalized spacial score (nSPS) is 20.6. The maximum atomic E-state index is 13.8. The van der Waals surface area contributed by atoms with E-state index in [4.69, 9.17) is 9.47 Å². The monoisotopic (exact) mass is 489 g/mol. The van der Waals surface area contributed by atoms with Crippen molar-refractivity contribution in [3.05, 3.63) is 70.4 Å². The molecule has 3 amide bonds. The van der Waals surface area contributed by atoms with Crippen LogP contribution in [-0.2, 0) is 6.54 Å². The number of aryl methyl sites for hydroxylation is 1. The van der Waals surface area contributed by atoms with Crippen LogP contribution in [0.3, 0.4) is 0 Å². The van der Waals surface area contributed by atoms with Crippen molar-refractivity contribution in [2.45, 2.75) is 51.6 Å². The highest BCUT2D eigenvalue weighted by molar-refractivity contribution is 5.94. The zero-order valence-corrected chi connectivity index (χ0v) is 21.8. The quantitative estimate of drug-likeness (QED) is 0.610. The second kappa shape index (κ2) is 9.19. The summed E-state index contributed by atoms with van der Waals surface area (Å²) in [6, 6.07) is 11.7. The Labute approximate surface area is 213 Å². The van der Waals surface area contributed by atoms with Gasteiger partial charge < -0.3 is 19.3 Å². The van der Waals surface area contributed by atoms with Crippen LogP contribution in [0.1, 0.15) is 59.7 Å². The summed E-state index contributed by atoms with van der Waals surface area (Å²) in [6.07, 6.45) is 3.68. The minimum atomic E-state index is -0.414. The summed E-state index contributed by atoms with van der Waals surface area (Å²) in [5, 5.41) is 0. The maximum Gasteiger partial charge on any atom is 0.325 e. The van der Waals surface area contributed by atoms with Gasteiger partial charge in [-0.2, -0.15) is 0 Å². The van der Waals surface area contributed by atoms with Crippen LogP contribution in [-0.4, -0.2) is 66.0 Å². The Morgan fingerprint density at radius 2 is 1.86 bits per heavy atom. The molecule has 0 bridgehead atoms. The van der Waals surface area contributed by atoms with E-state index in [9.17, 15) is 9.59 Å². The Morgan fingerprint density at radius 1 is 1.11 bits per heavy atom. The molecule has 3 aliphatic heterocycles. The van der Waals surface area contributed by atoms with Gasteiger partial charge in [0.2, 0.25) is 0 Å². The molecule has 3 heterocycles. The predicted octanol–water partition coefficient (Wildman–Crippen LogP) is 4.95. The van der Waals surface area contributed by atoms with Gasteiger partial charge in [-0.3, -0.25) is 9.69 Å². The first-order chi connectivity index (χ1) is 17.3. The number of ether oxygens (including phenoxy) is 2. The highest BCUT2D eigenvalue weighted by atomic mass is 16.5. The van der Waals surface area contributed by atoms with Crippen LogP contribution in [0.2, 0.25) is 0 Å². The topological polar surface area (TPSA) is 62.3 Å². The molecule has 7 nitrogen and oxygen atoms in total. The molecule has 3 aliphatic rings. The van der Waals surface area contributed by atoms with Gasteiger partial charge in [0.1, 0.15) is 11.5 Å². The number of likely N-dealkylation sites (tertiary alicyclic amines) is 1. The number of nitrogens with zero attached hydrogens (tertiary/aromatic N) is 3. The third-order valence-electron chi connectivity index (χ3n) is 8.05.